The quantitative estimate of drug-likeness (QED) is 0.593. The van der Waals surface area contributed by atoms with Gasteiger partial charge in [0.1, 0.15) is 6.10 Å². The fraction of sp³-hybridized carbons (Fsp3) is 0.538. The second-order valence-corrected chi connectivity index (χ2v) is 11.1. The number of hydrogen-bond acceptors (Lipinski definition) is 7. The average Bonchev–Trinajstić information content (AvgIpc) is 3.37. The number of carbonyl (C=O) groups is 3. The topological polar surface area (TPSA) is 103 Å². The zero-order chi connectivity index (χ0) is 25.2. The number of aromatic nitrogens is 1. The van der Waals surface area contributed by atoms with Crippen LogP contribution in [0.3, 0.4) is 0 Å². The van der Waals surface area contributed by atoms with Crippen LogP contribution in [0, 0.1) is 12.3 Å². The van der Waals surface area contributed by atoms with Gasteiger partial charge in [-0.3, -0.25) is 14.4 Å². The molecule has 34 heavy (non-hydrogen) atoms. The van der Waals surface area contributed by atoms with Crippen molar-refractivity contribution in [1.82, 2.24) is 9.88 Å². The first-order chi connectivity index (χ1) is 15.9. The first kappa shape index (κ1) is 26.0. The van der Waals surface area contributed by atoms with Gasteiger partial charge in [0.2, 0.25) is 5.91 Å². The SMILES string of the molecule is CC(=O)O[C@@H]1C[C@@H](C(=O)C[C@@H](C)c2ccc(-c3scnc3C)cc2)N(C(=O)[C@@H](N)C(C)(C)C)C1. The molecular formula is C26H35N3O4S. The molecule has 3 rings (SSSR count). The minimum atomic E-state index is -0.751. The van der Waals surface area contributed by atoms with Gasteiger partial charge < -0.3 is 15.4 Å². The van der Waals surface area contributed by atoms with E-state index in [4.69, 9.17) is 10.5 Å². The Morgan fingerprint density at radius 3 is 2.41 bits per heavy atom. The summed E-state index contributed by atoms with van der Waals surface area (Å²) in [5.74, 6) is -0.767. The third kappa shape index (κ3) is 5.91. The average molecular weight is 486 g/mol. The fourth-order valence-electron chi connectivity index (χ4n) is 4.31. The smallest absolute Gasteiger partial charge is 0.302 e. The lowest BCUT2D eigenvalue weighted by Gasteiger charge is -2.32. The number of aryl methyl sites for hydroxylation is 1. The van der Waals surface area contributed by atoms with Crippen LogP contribution < -0.4 is 5.73 Å². The van der Waals surface area contributed by atoms with Crippen LogP contribution in [0.2, 0.25) is 0 Å². The van der Waals surface area contributed by atoms with E-state index in [9.17, 15) is 14.4 Å². The minimum Gasteiger partial charge on any atom is -0.461 e. The van der Waals surface area contributed by atoms with Gasteiger partial charge in [0.05, 0.1) is 34.7 Å². The standard InChI is InChI=1S/C26H35N3O4S/c1-15(18-7-9-19(10-8-18)23-16(2)28-14-34-23)11-22(31)21-12-20(33-17(3)30)13-29(21)25(32)24(27)26(4,5)6/h7-10,14-15,20-21,24H,11-13,27H2,1-6H3/t15-,20-,21+,24-/m1/s1. The second kappa shape index (κ2) is 10.4. The summed E-state index contributed by atoms with van der Waals surface area (Å²) in [5.41, 5.74) is 10.8. The molecule has 0 bridgehead atoms. The highest BCUT2D eigenvalue weighted by molar-refractivity contribution is 7.13. The van der Waals surface area contributed by atoms with Gasteiger partial charge in [-0.2, -0.15) is 0 Å². The van der Waals surface area contributed by atoms with Crippen molar-refractivity contribution in [1.29, 1.82) is 0 Å². The van der Waals surface area contributed by atoms with E-state index < -0.39 is 29.6 Å². The highest BCUT2D eigenvalue weighted by Gasteiger charge is 2.44. The summed E-state index contributed by atoms with van der Waals surface area (Å²) in [7, 11) is 0. The van der Waals surface area contributed by atoms with Crippen LogP contribution in [0.15, 0.2) is 29.8 Å². The van der Waals surface area contributed by atoms with E-state index in [2.05, 4.69) is 17.1 Å². The van der Waals surface area contributed by atoms with Crippen LogP contribution in [0.4, 0.5) is 0 Å². The molecule has 4 atom stereocenters. The number of esters is 1. The molecule has 1 aromatic heterocycles. The number of thiazole rings is 1. The number of hydrogen-bond donors (Lipinski definition) is 1. The van der Waals surface area contributed by atoms with Crippen molar-refractivity contribution < 1.29 is 19.1 Å². The summed E-state index contributed by atoms with van der Waals surface area (Å²) >= 11 is 1.61. The van der Waals surface area contributed by atoms with Gasteiger partial charge >= 0.3 is 5.97 Å². The van der Waals surface area contributed by atoms with Gasteiger partial charge in [-0.05, 0) is 29.4 Å². The van der Waals surface area contributed by atoms with E-state index in [0.717, 1.165) is 21.7 Å². The molecule has 0 unspecified atom stereocenters. The molecule has 2 N–H and O–H groups in total. The van der Waals surface area contributed by atoms with E-state index >= 15 is 0 Å². The predicted molar refractivity (Wildman–Crippen MR) is 133 cm³/mol. The van der Waals surface area contributed by atoms with Crippen LogP contribution in [0.1, 0.15) is 64.6 Å². The Kier molecular flexibility index (Phi) is 7.93. The molecule has 0 radical (unpaired) electrons. The van der Waals surface area contributed by atoms with Crippen LogP contribution in [0.25, 0.3) is 10.4 Å². The van der Waals surface area contributed by atoms with Crippen molar-refractivity contribution in [3.8, 4) is 10.4 Å². The number of ketones is 1. The number of nitrogens with two attached hydrogens (primary N) is 1. The summed E-state index contributed by atoms with van der Waals surface area (Å²) in [6, 6.07) is 6.80. The van der Waals surface area contributed by atoms with E-state index in [1.165, 1.54) is 11.8 Å². The van der Waals surface area contributed by atoms with Crippen LogP contribution in [0.5, 0.6) is 0 Å². The number of ether oxygens (including phenoxy) is 1. The van der Waals surface area contributed by atoms with E-state index in [1.54, 1.807) is 11.3 Å². The molecule has 2 heterocycles. The van der Waals surface area contributed by atoms with Crippen LogP contribution >= 0.6 is 11.3 Å². The number of benzene rings is 1. The van der Waals surface area contributed by atoms with Crippen molar-refractivity contribution in [2.45, 2.75) is 78.5 Å². The fourth-order valence-corrected chi connectivity index (χ4v) is 5.12. The maximum Gasteiger partial charge on any atom is 0.302 e. The molecule has 8 heteroatoms. The number of Topliss-reactive ketones (excluding diaryl/α,β-unsaturated/α-hetero) is 1. The summed E-state index contributed by atoms with van der Waals surface area (Å²) in [6.07, 6.45) is 0.0854. The molecule has 1 aliphatic rings. The Bertz CT molecular complexity index is 1040. The van der Waals surface area contributed by atoms with Gasteiger partial charge in [0.25, 0.3) is 0 Å². The van der Waals surface area contributed by atoms with Gasteiger partial charge in [-0.25, -0.2) is 4.98 Å². The molecule has 1 saturated heterocycles. The highest BCUT2D eigenvalue weighted by atomic mass is 32.1. The van der Waals surface area contributed by atoms with E-state index in [-0.39, 0.29) is 30.6 Å². The molecule has 7 nitrogen and oxygen atoms in total. The molecule has 1 amide bonds. The summed E-state index contributed by atoms with van der Waals surface area (Å²) in [5, 5.41) is 0. The van der Waals surface area contributed by atoms with Gasteiger partial charge in [-0.1, -0.05) is 52.0 Å². The zero-order valence-electron chi connectivity index (χ0n) is 20.8. The Balaban J connectivity index is 1.74. The molecule has 2 aromatic rings. The Hall–Kier alpha value is -2.58. The van der Waals surface area contributed by atoms with Crippen LogP contribution in [-0.2, 0) is 19.1 Å². The van der Waals surface area contributed by atoms with Gasteiger partial charge in [0.15, 0.2) is 5.78 Å². The molecule has 1 aliphatic heterocycles. The van der Waals surface area contributed by atoms with Crippen LogP contribution in [-0.4, -0.2) is 52.3 Å². The third-order valence-corrected chi connectivity index (χ3v) is 7.42. The number of nitrogens with zero attached hydrogens (tertiary/aromatic N) is 2. The number of likely N-dealkylation sites (tertiary alicyclic amines) is 1. The molecule has 1 aromatic carbocycles. The van der Waals surface area contributed by atoms with Crippen molar-refractivity contribution in [3.05, 3.63) is 41.0 Å². The number of carbonyl (C=O) groups excluding carboxylic acids is 3. The lowest BCUT2D eigenvalue weighted by Crippen LogP contribution is -2.53. The lowest BCUT2D eigenvalue weighted by molar-refractivity contribution is -0.147. The first-order valence-electron chi connectivity index (χ1n) is 11.6. The largest absolute Gasteiger partial charge is 0.461 e. The Morgan fingerprint density at radius 2 is 1.88 bits per heavy atom. The Labute approximate surface area is 205 Å². The zero-order valence-corrected chi connectivity index (χ0v) is 21.6. The van der Waals surface area contributed by atoms with Gasteiger partial charge in [-0.15, -0.1) is 11.3 Å². The molecule has 1 fully saturated rings. The first-order valence-corrected chi connectivity index (χ1v) is 12.5. The van der Waals surface area contributed by atoms with Crippen molar-refractivity contribution >= 4 is 29.0 Å². The van der Waals surface area contributed by atoms with Crippen molar-refractivity contribution in [2.24, 2.45) is 11.1 Å². The normalized spacial score (nSPS) is 20.1. The lowest BCUT2D eigenvalue weighted by atomic mass is 9.86. The summed E-state index contributed by atoms with van der Waals surface area (Å²) in [4.78, 5) is 45.0. The summed E-state index contributed by atoms with van der Waals surface area (Å²) in [6.45, 7) is 11.2. The van der Waals surface area contributed by atoms with E-state index in [1.807, 2.05) is 52.3 Å². The maximum absolute atomic E-state index is 13.4. The third-order valence-electron chi connectivity index (χ3n) is 6.44. The number of amides is 1. The maximum atomic E-state index is 13.4. The monoisotopic (exact) mass is 485 g/mol. The molecular weight excluding hydrogens is 450 g/mol. The minimum absolute atomic E-state index is 0.0230. The molecule has 0 saturated carbocycles. The van der Waals surface area contributed by atoms with Crippen molar-refractivity contribution in [2.75, 3.05) is 6.54 Å². The molecule has 184 valence electrons. The van der Waals surface area contributed by atoms with E-state index in [0.29, 0.717) is 6.42 Å². The molecule has 0 spiro atoms. The second-order valence-electron chi connectivity index (χ2n) is 10.3. The highest BCUT2D eigenvalue weighted by Crippen LogP contribution is 2.31. The molecule has 0 aliphatic carbocycles. The van der Waals surface area contributed by atoms with Crippen molar-refractivity contribution in [3.63, 3.8) is 0 Å². The number of rotatable bonds is 7. The van der Waals surface area contributed by atoms with Gasteiger partial charge in [0, 0.05) is 19.8 Å². The predicted octanol–water partition coefficient (Wildman–Crippen LogP) is 4.09. The Morgan fingerprint density at radius 1 is 1.24 bits per heavy atom. The summed E-state index contributed by atoms with van der Waals surface area (Å²) < 4.78 is 5.36.